The summed E-state index contributed by atoms with van der Waals surface area (Å²) < 4.78 is 0. The Balaban J connectivity index is 2.14. The van der Waals surface area contributed by atoms with Crippen molar-refractivity contribution in [3.63, 3.8) is 0 Å². The monoisotopic (exact) mass is 402 g/mol. The SMILES string of the molecule is CCCCC#CC[C@H]1CC(CCCC)=C(CCCC)C[C@H]1CC#Cc1ccccc1. The van der Waals surface area contributed by atoms with Gasteiger partial charge in [0.05, 0.1) is 0 Å². The molecule has 0 spiro atoms. The molecule has 0 heteroatoms. The van der Waals surface area contributed by atoms with Crippen molar-refractivity contribution in [3.05, 3.63) is 47.0 Å². The van der Waals surface area contributed by atoms with Crippen molar-refractivity contribution in [2.24, 2.45) is 11.8 Å². The molecule has 0 fully saturated rings. The molecule has 1 aliphatic rings. The van der Waals surface area contributed by atoms with E-state index in [0.717, 1.165) is 24.8 Å². The molecule has 30 heavy (non-hydrogen) atoms. The zero-order valence-corrected chi connectivity index (χ0v) is 19.7. The molecule has 2 rings (SSSR count). The normalized spacial score (nSPS) is 18.4. The van der Waals surface area contributed by atoms with E-state index in [1.807, 2.05) is 0 Å². The summed E-state index contributed by atoms with van der Waals surface area (Å²) >= 11 is 0. The molecule has 0 heterocycles. The minimum atomic E-state index is 0.666. The van der Waals surface area contributed by atoms with Crippen LogP contribution in [0.1, 0.15) is 110 Å². The average Bonchev–Trinajstić information content (AvgIpc) is 2.78. The van der Waals surface area contributed by atoms with Gasteiger partial charge in [-0.15, -0.1) is 11.8 Å². The summed E-state index contributed by atoms with van der Waals surface area (Å²) in [7, 11) is 0. The van der Waals surface area contributed by atoms with Crippen LogP contribution in [0.25, 0.3) is 0 Å². The Morgan fingerprint density at radius 3 is 1.83 bits per heavy atom. The van der Waals surface area contributed by atoms with Gasteiger partial charge in [-0.25, -0.2) is 0 Å². The van der Waals surface area contributed by atoms with Gasteiger partial charge in [-0.1, -0.05) is 81.2 Å². The van der Waals surface area contributed by atoms with Gasteiger partial charge in [0.2, 0.25) is 0 Å². The third-order valence-electron chi connectivity index (χ3n) is 6.36. The highest BCUT2D eigenvalue weighted by Gasteiger charge is 2.28. The predicted octanol–water partition coefficient (Wildman–Crippen LogP) is 8.72. The molecular weight excluding hydrogens is 360 g/mol. The van der Waals surface area contributed by atoms with Crippen molar-refractivity contribution >= 4 is 0 Å². The van der Waals surface area contributed by atoms with E-state index in [1.54, 1.807) is 11.1 Å². The van der Waals surface area contributed by atoms with Crippen molar-refractivity contribution in [3.8, 4) is 23.7 Å². The number of hydrogen-bond acceptors (Lipinski definition) is 0. The quantitative estimate of drug-likeness (QED) is 0.208. The molecule has 0 bridgehead atoms. The van der Waals surface area contributed by atoms with Crippen molar-refractivity contribution in [1.82, 2.24) is 0 Å². The van der Waals surface area contributed by atoms with E-state index in [9.17, 15) is 0 Å². The van der Waals surface area contributed by atoms with Gasteiger partial charge in [0.15, 0.2) is 0 Å². The summed E-state index contributed by atoms with van der Waals surface area (Å²) in [6.07, 6.45) is 15.9. The van der Waals surface area contributed by atoms with Gasteiger partial charge in [0.25, 0.3) is 0 Å². The van der Waals surface area contributed by atoms with Crippen molar-refractivity contribution in [2.45, 2.75) is 104 Å². The summed E-state index contributed by atoms with van der Waals surface area (Å²) in [5.41, 5.74) is 4.68. The van der Waals surface area contributed by atoms with Gasteiger partial charge in [0.1, 0.15) is 0 Å². The van der Waals surface area contributed by atoms with Crippen molar-refractivity contribution in [2.75, 3.05) is 0 Å². The van der Waals surface area contributed by atoms with E-state index in [4.69, 9.17) is 0 Å². The van der Waals surface area contributed by atoms with Crippen LogP contribution in [0.5, 0.6) is 0 Å². The van der Waals surface area contributed by atoms with Crippen LogP contribution in [0.2, 0.25) is 0 Å². The maximum absolute atomic E-state index is 3.54. The molecule has 0 N–H and O–H groups in total. The Bertz CT molecular complexity index is 744. The molecule has 1 aromatic rings. The fourth-order valence-electron chi connectivity index (χ4n) is 4.43. The molecule has 1 aromatic carbocycles. The number of benzene rings is 1. The molecule has 0 aliphatic heterocycles. The Hall–Kier alpha value is -1.92. The standard InChI is InChI=1S/C30H42/c1-4-7-10-11-15-22-29-24-27(20-8-5-2)28(21-9-6-3)25-30(29)23-16-19-26-17-13-12-14-18-26/h12-14,17-18,29-30H,4-10,20-25H2,1-3H3/t29-,30+/m0/s1. The molecule has 0 unspecified atom stereocenters. The first kappa shape index (κ1) is 24.4. The molecule has 0 saturated carbocycles. The Morgan fingerprint density at radius 2 is 1.27 bits per heavy atom. The van der Waals surface area contributed by atoms with Crippen molar-refractivity contribution in [1.29, 1.82) is 0 Å². The van der Waals surface area contributed by atoms with Crippen LogP contribution in [0.3, 0.4) is 0 Å². The van der Waals surface area contributed by atoms with Gasteiger partial charge < -0.3 is 0 Å². The second kappa shape index (κ2) is 15.0. The first-order valence-electron chi connectivity index (χ1n) is 12.5. The Labute approximate surface area is 186 Å². The summed E-state index contributed by atoms with van der Waals surface area (Å²) in [5.74, 6) is 15.3. The maximum Gasteiger partial charge on any atom is 0.0245 e. The van der Waals surface area contributed by atoms with Crippen LogP contribution >= 0.6 is 0 Å². The lowest BCUT2D eigenvalue weighted by atomic mass is 9.71. The molecular formula is C30H42. The average molecular weight is 403 g/mol. The minimum absolute atomic E-state index is 0.666. The van der Waals surface area contributed by atoms with E-state index in [-0.39, 0.29) is 0 Å². The van der Waals surface area contributed by atoms with Crippen LogP contribution in [0, 0.1) is 35.5 Å². The number of rotatable bonds is 10. The van der Waals surface area contributed by atoms with E-state index < -0.39 is 0 Å². The van der Waals surface area contributed by atoms with E-state index in [0.29, 0.717) is 11.8 Å². The summed E-state index contributed by atoms with van der Waals surface area (Å²) in [6.45, 7) is 6.87. The predicted molar refractivity (Wildman–Crippen MR) is 132 cm³/mol. The molecule has 0 radical (unpaired) electrons. The number of unbranched alkanes of at least 4 members (excludes halogenated alkanes) is 4. The molecule has 2 atom stereocenters. The fourth-order valence-corrected chi connectivity index (χ4v) is 4.43. The van der Waals surface area contributed by atoms with Gasteiger partial charge in [-0.3, -0.25) is 0 Å². The molecule has 0 nitrogen and oxygen atoms in total. The van der Waals surface area contributed by atoms with Crippen molar-refractivity contribution < 1.29 is 0 Å². The van der Waals surface area contributed by atoms with E-state index >= 15 is 0 Å². The summed E-state index contributed by atoms with van der Waals surface area (Å²) in [5, 5.41) is 0. The topological polar surface area (TPSA) is 0 Å². The second-order valence-corrected chi connectivity index (χ2v) is 8.88. The first-order valence-corrected chi connectivity index (χ1v) is 12.5. The molecule has 162 valence electrons. The zero-order valence-electron chi connectivity index (χ0n) is 19.7. The Morgan fingerprint density at radius 1 is 0.700 bits per heavy atom. The summed E-state index contributed by atoms with van der Waals surface area (Å²) in [6, 6.07) is 10.4. The highest BCUT2D eigenvalue weighted by atomic mass is 14.3. The largest absolute Gasteiger partial charge is 0.103 e. The first-order chi connectivity index (χ1) is 14.8. The van der Waals surface area contributed by atoms with Crippen LogP contribution < -0.4 is 0 Å². The second-order valence-electron chi connectivity index (χ2n) is 8.88. The smallest absolute Gasteiger partial charge is 0.0245 e. The highest BCUT2D eigenvalue weighted by Crippen LogP contribution is 2.41. The zero-order chi connectivity index (χ0) is 21.4. The third-order valence-corrected chi connectivity index (χ3v) is 6.36. The molecule has 0 aromatic heterocycles. The number of allylic oxidation sites excluding steroid dienone is 2. The summed E-state index contributed by atoms with van der Waals surface area (Å²) in [4.78, 5) is 0. The fraction of sp³-hybridized carbons (Fsp3) is 0.600. The lowest BCUT2D eigenvalue weighted by molar-refractivity contribution is 0.308. The van der Waals surface area contributed by atoms with Gasteiger partial charge in [-0.2, -0.15) is 0 Å². The van der Waals surface area contributed by atoms with Crippen LogP contribution in [-0.4, -0.2) is 0 Å². The number of hydrogen-bond donors (Lipinski definition) is 0. The van der Waals surface area contributed by atoms with Crippen LogP contribution in [0.15, 0.2) is 41.5 Å². The third kappa shape index (κ3) is 8.84. The van der Waals surface area contributed by atoms with Crippen LogP contribution in [0.4, 0.5) is 0 Å². The molecule has 0 saturated heterocycles. The van der Waals surface area contributed by atoms with Gasteiger partial charge in [0, 0.05) is 24.8 Å². The van der Waals surface area contributed by atoms with Gasteiger partial charge >= 0.3 is 0 Å². The van der Waals surface area contributed by atoms with Gasteiger partial charge in [-0.05, 0) is 68.9 Å². The molecule has 0 amide bonds. The molecule has 1 aliphatic carbocycles. The minimum Gasteiger partial charge on any atom is -0.103 e. The highest BCUT2D eigenvalue weighted by molar-refractivity contribution is 5.34. The van der Waals surface area contributed by atoms with Crippen LogP contribution in [-0.2, 0) is 0 Å². The van der Waals surface area contributed by atoms with E-state index in [1.165, 1.54) is 64.2 Å². The maximum atomic E-state index is 3.54. The lowest BCUT2D eigenvalue weighted by Crippen LogP contribution is -2.22. The lowest BCUT2D eigenvalue weighted by Gasteiger charge is -2.34. The Kier molecular flexibility index (Phi) is 12.1. The van der Waals surface area contributed by atoms with E-state index in [2.05, 4.69) is 74.8 Å².